The van der Waals surface area contributed by atoms with Gasteiger partial charge in [-0.1, -0.05) is 13.0 Å². The van der Waals surface area contributed by atoms with Crippen LogP contribution in [0.4, 0.5) is 0 Å². The molecular weight excluding hydrogens is 250 g/mol. The number of ether oxygens (including phenoxy) is 1. The van der Waals surface area contributed by atoms with Gasteiger partial charge in [0.25, 0.3) is 0 Å². The van der Waals surface area contributed by atoms with Gasteiger partial charge < -0.3 is 10.5 Å². The van der Waals surface area contributed by atoms with Crippen molar-refractivity contribution in [2.45, 2.75) is 39.3 Å². The molecule has 0 aliphatic heterocycles. The summed E-state index contributed by atoms with van der Waals surface area (Å²) in [6.45, 7) is 6.20. The summed E-state index contributed by atoms with van der Waals surface area (Å²) in [6, 6.07) is 6.16. The molecule has 108 valence electrons. The van der Waals surface area contributed by atoms with Crippen molar-refractivity contribution in [3.8, 4) is 5.75 Å². The predicted molar refractivity (Wildman–Crippen MR) is 80.8 cm³/mol. The third-order valence-corrected chi connectivity index (χ3v) is 3.37. The van der Waals surface area contributed by atoms with Gasteiger partial charge in [0.1, 0.15) is 11.9 Å². The maximum atomic E-state index is 6.22. The molecule has 2 unspecified atom stereocenters. The number of nitrogens with zero attached hydrogens (tertiary/aromatic N) is 2. The Morgan fingerprint density at radius 3 is 2.40 bits per heavy atom. The third kappa shape index (κ3) is 3.39. The van der Waals surface area contributed by atoms with Crippen LogP contribution in [-0.4, -0.2) is 15.8 Å². The van der Waals surface area contributed by atoms with Crippen molar-refractivity contribution in [1.29, 1.82) is 0 Å². The standard InChI is InChI=1S/C16H23N3O/c1-5-15(17)16(13-9-18-19(4)10-13)20-14-7-11(2)6-12(3)8-14/h6-10,15-16H,5,17H2,1-4H3. The Balaban J connectivity index is 2.28. The van der Waals surface area contributed by atoms with Crippen molar-refractivity contribution in [2.24, 2.45) is 12.8 Å². The molecule has 0 saturated carbocycles. The number of aromatic nitrogens is 2. The highest BCUT2D eigenvalue weighted by Crippen LogP contribution is 2.26. The topological polar surface area (TPSA) is 53.1 Å². The largest absolute Gasteiger partial charge is 0.484 e. The molecule has 4 nitrogen and oxygen atoms in total. The zero-order valence-electron chi connectivity index (χ0n) is 12.6. The summed E-state index contributed by atoms with van der Waals surface area (Å²) in [5, 5.41) is 4.21. The van der Waals surface area contributed by atoms with Gasteiger partial charge >= 0.3 is 0 Å². The predicted octanol–water partition coefficient (Wildman–Crippen LogP) is 2.89. The summed E-state index contributed by atoms with van der Waals surface area (Å²) in [4.78, 5) is 0. The number of rotatable bonds is 5. The first-order valence-corrected chi connectivity index (χ1v) is 6.98. The molecule has 1 heterocycles. The van der Waals surface area contributed by atoms with Crippen LogP contribution in [0.3, 0.4) is 0 Å². The summed E-state index contributed by atoms with van der Waals surface area (Å²) in [6.07, 6.45) is 4.46. The molecule has 0 bridgehead atoms. The Bertz CT molecular complexity index is 557. The molecule has 0 spiro atoms. The molecule has 0 saturated heterocycles. The highest BCUT2D eigenvalue weighted by atomic mass is 16.5. The summed E-state index contributed by atoms with van der Waals surface area (Å²) < 4.78 is 7.92. The van der Waals surface area contributed by atoms with Gasteiger partial charge in [-0.2, -0.15) is 5.10 Å². The lowest BCUT2D eigenvalue weighted by Crippen LogP contribution is -2.31. The number of hydrogen-bond donors (Lipinski definition) is 1. The molecule has 0 amide bonds. The Morgan fingerprint density at radius 1 is 1.25 bits per heavy atom. The maximum Gasteiger partial charge on any atom is 0.142 e. The lowest BCUT2D eigenvalue weighted by molar-refractivity contribution is 0.171. The molecule has 4 heteroatoms. The molecule has 0 radical (unpaired) electrons. The van der Waals surface area contributed by atoms with Crippen molar-refractivity contribution in [3.63, 3.8) is 0 Å². The normalized spacial score (nSPS) is 14.1. The van der Waals surface area contributed by atoms with Crippen LogP contribution in [0.15, 0.2) is 30.6 Å². The minimum Gasteiger partial charge on any atom is -0.484 e. The smallest absolute Gasteiger partial charge is 0.142 e. The van der Waals surface area contributed by atoms with Crippen LogP contribution in [0.5, 0.6) is 5.75 Å². The molecule has 20 heavy (non-hydrogen) atoms. The van der Waals surface area contributed by atoms with E-state index in [4.69, 9.17) is 10.5 Å². The quantitative estimate of drug-likeness (QED) is 0.911. The monoisotopic (exact) mass is 273 g/mol. The van der Waals surface area contributed by atoms with Crippen LogP contribution < -0.4 is 10.5 Å². The minimum atomic E-state index is -0.171. The summed E-state index contributed by atoms with van der Waals surface area (Å²) in [5.41, 5.74) is 9.61. The van der Waals surface area contributed by atoms with E-state index in [2.05, 4.69) is 31.9 Å². The molecule has 2 atom stereocenters. The SMILES string of the molecule is CCC(N)C(Oc1cc(C)cc(C)c1)c1cnn(C)c1. The summed E-state index contributed by atoms with van der Waals surface area (Å²) in [7, 11) is 1.90. The molecular formula is C16H23N3O. The van der Waals surface area contributed by atoms with Gasteiger partial charge in [0.05, 0.1) is 6.20 Å². The van der Waals surface area contributed by atoms with Crippen molar-refractivity contribution in [2.75, 3.05) is 0 Å². The van der Waals surface area contributed by atoms with Crippen molar-refractivity contribution < 1.29 is 4.74 Å². The molecule has 2 N–H and O–H groups in total. The molecule has 1 aromatic carbocycles. The van der Waals surface area contributed by atoms with Gasteiger partial charge in [-0.3, -0.25) is 4.68 Å². The van der Waals surface area contributed by atoms with E-state index in [1.54, 1.807) is 4.68 Å². The third-order valence-electron chi connectivity index (χ3n) is 3.37. The Morgan fingerprint density at radius 2 is 1.90 bits per heavy atom. The van der Waals surface area contributed by atoms with Crippen molar-refractivity contribution in [1.82, 2.24) is 9.78 Å². The first-order chi connectivity index (χ1) is 9.49. The van der Waals surface area contributed by atoms with Gasteiger partial charge in [0.2, 0.25) is 0 Å². The summed E-state index contributed by atoms with van der Waals surface area (Å²) in [5.74, 6) is 0.861. The van der Waals surface area contributed by atoms with Crippen LogP contribution in [0.1, 0.15) is 36.1 Å². The van der Waals surface area contributed by atoms with E-state index < -0.39 is 0 Å². The highest BCUT2D eigenvalue weighted by Gasteiger charge is 2.22. The van der Waals surface area contributed by atoms with E-state index in [1.165, 1.54) is 11.1 Å². The van der Waals surface area contributed by atoms with Crippen molar-refractivity contribution >= 4 is 0 Å². The fraction of sp³-hybridized carbons (Fsp3) is 0.438. The lowest BCUT2D eigenvalue weighted by Gasteiger charge is -2.23. The van der Waals surface area contributed by atoms with Crippen LogP contribution in [0, 0.1) is 13.8 Å². The van der Waals surface area contributed by atoms with E-state index in [9.17, 15) is 0 Å². The van der Waals surface area contributed by atoms with Gasteiger partial charge in [0.15, 0.2) is 0 Å². The second-order valence-electron chi connectivity index (χ2n) is 5.38. The fourth-order valence-electron chi connectivity index (χ4n) is 2.35. The van der Waals surface area contributed by atoms with Crippen LogP contribution >= 0.6 is 0 Å². The van der Waals surface area contributed by atoms with Crippen LogP contribution in [0.25, 0.3) is 0 Å². The molecule has 0 fully saturated rings. The van der Waals surface area contributed by atoms with E-state index in [0.717, 1.165) is 17.7 Å². The fourth-order valence-corrected chi connectivity index (χ4v) is 2.35. The highest BCUT2D eigenvalue weighted by molar-refractivity contribution is 5.33. The first kappa shape index (κ1) is 14.6. The number of nitrogens with two attached hydrogens (primary N) is 1. The molecule has 1 aromatic heterocycles. The van der Waals surface area contributed by atoms with Crippen LogP contribution in [0.2, 0.25) is 0 Å². The number of benzene rings is 1. The maximum absolute atomic E-state index is 6.22. The zero-order valence-corrected chi connectivity index (χ0v) is 12.6. The number of aryl methyl sites for hydroxylation is 3. The van der Waals surface area contributed by atoms with Crippen molar-refractivity contribution in [3.05, 3.63) is 47.3 Å². The van der Waals surface area contributed by atoms with E-state index in [-0.39, 0.29) is 12.1 Å². The molecule has 0 aliphatic carbocycles. The average molecular weight is 273 g/mol. The second kappa shape index (κ2) is 6.09. The van der Waals surface area contributed by atoms with Gasteiger partial charge in [-0.15, -0.1) is 0 Å². The molecule has 2 rings (SSSR count). The van der Waals surface area contributed by atoms with E-state index in [0.29, 0.717) is 0 Å². The Labute approximate surface area is 120 Å². The van der Waals surface area contributed by atoms with Gasteiger partial charge in [0, 0.05) is 24.8 Å². The molecule has 0 aliphatic rings. The molecule has 2 aromatic rings. The number of hydrogen-bond acceptors (Lipinski definition) is 3. The Hall–Kier alpha value is -1.81. The van der Waals surface area contributed by atoms with Crippen LogP contribution in [-0.2, 0) is 7.05 Å². The van der Waals surface area contributed by atoms with Gasteiger partial charge in [-0.05, 0) is 43.5 Å². The second-order valence-corrected chi connectivity index (χ2v) is 5.38. The lowest BCUT2D eigenvalue weighted by atomic mass is 10.0. The van der Waals surface area contributed by atoms with E-state index in [1.807, 2.05) is 31.6 Å². The zero-order chi connectivity index (χ0) is 14.7. The first-order valence-electron chi connectivity index (χ1n) is 6.98. The Kier molecular flexibility index (Phi) is 4.45. The van der Waals surface area contributed by atoms with Gasteiger partial charge in [-0.25, -0.2) is 0 Å². The van der Waals surface area contributed by atoms with E-state index >= 15 is 0 Å². The summed E-state index contributed by atoms with van der Waals surface area (Å²) >= 11 is 0. The minimum absolute atomic E-state index is 0.0555. The average Bonchev–Trinajstić information content (AvgIpc) is 2.80.